The van der Waals surface area contributed by atoms with Crippen molar-refractivity contribution < 1.29 is 9.15 Å². The van der Waals surface area contributed by atoms with Crippen LogP contribution in [0.1, 0.15) is 44.0 Å². The number of hydrogen-bond donors (Lipinski definition) is 0. The van der Waals surface area contributed by atoms with Crippen molar-refractivity contribution in [3.8, 4) is 11.5 Å². The normalized spacial score (nSPS) is 15.1. The first-order valence-corrected chi connectivity index (χ1v) is 10.3. The van der Waals surface area contributed by atoms with Crippen molar-refractivity contribution in [2.45, 2.75) is 46.6 Å². The van der Waals surface area contributed by atoms with Crippen molar-refractivity contribution in [2.24, 2.45) is 0 Å². The second-order valence-electron chi connectivity index (χ2n) is 7.24. The number of halogens is 1. The largest absolute Gasteiger partial charge is 0.420 e. The van der Waals surface area contributed by atoms with Crippen LogP contribution in [0.2, 0.25) is 5.15 Å². The summed E-state index contributed by atoms with van der Waals surface area (Å²) in [5, 5.41) is 5.10. The summed E-state index contributed by atoms with van der Waals surface area (Å²) in [6.45, 7) is 11.2. The number of hydrogen-bond acceptors (Lipinski definition) is 6. The predicted octanol–water partition coefficient (Wildman–Crippen LogP) is 4.55. The van der Waals surface area contributed by atoms with E-state index in [9.17, 15) is 0 Å². The zero-order chi connectivity index (χ0) is 19.8. The fraction of sp³-hybridized carbons (Fsp3) is 0.550. The van der Waals surface area contributed by atoms with Crippen LogP contribution < -0.4 is 4.90 Å². The Morgan fingerprint density at radius 2 is 1.86 bits per heavy atom. The lowest BCUT2D eigenvalue weighted by molar-refractivity contribution is 0.120. The number of fused-ring (bicyclic) bond motifs is 1. The van der Waals surface area contributed by atoms with Crippen LogP contribution in [0.15, 0.2) is 10.5 Å². The highest BCUT2D eigenvalue weighted by atomic mass is 35.5. The van der Waals surface area contributed by atoms with Gasteiger partial charge < -0.3 is 14.1 Å². The number of morpholine rings is 1. The highest BCUT2D eigenvalue weighted by molar-refractivity contribution is 6.31. The Labute approximate surface area is 169 Å². The Hall–Kier alpha value is -2.12. The van der Waals surface area contributed by atoms with Crippen molar-refractivity contribution in [1.82, 2.24) is 19.7 Å². The molecule has 28 heavy (non-hydrogen) atoms. The summed E-state index contributed by atoms with van der Waals surface area (Å²) in [4.78, 5) is 11.4. The molecule has 7 nitrogen and oxygen atoms in total. The Bertz CT molecular complexity index is 986. The third-order valence-corrected chi connectivity index (χ3v) is 5.66. The molecule has 0 aromatic carbocycles. The van der Waals surface area contributed by atoms with Crippen molar-refractivity contribution in [3.63, 3.8) is 0 Å². The quantitative estimate of drug-likeness (QED) is 0.622. The molecule has 0 radical (unpaired) electrons. The fourth-order valence-electron chi connectivity index (χ4n) is 3.77. The Kier molecular flexibility index (Phi) is 5.29. The third-order valence-electron chi connectivity index (χ3n) is 5.40. The van der Waals surface area contributed by atoms with Gasteiger partial charge in [-0.1, -0.05) is 25.4 Å². The van der Waals surface area contributed by atoms with E-state index in [0.29, 0.717) is 36.2 Å². The molecule has 0 amide bonds. The Morgan fingerprint density at radius 1 is 1.14 bits per heavy atom. The van der Waals surface area contributed by atoms with Crippen LogP contribution in [0.3, 0.4) is 0 Å². The van der Waals surface area contributed by atoms with Crippen molar-refractivity contribution in [3.05, 3.63) is 22.5 Å². The summed E-state index contributed by atoms with van der Waals surface area (Å²) in [6.07, 6.45) is 2.06. The van der Waals surface area contributed by atoms with Gasteiger partial charge in [0, 0.05) is 13.1 Å². The zero-order valence-corrected chi connectivity index (χ0v) is 17.6. The molecule has 1 fully saturated rings. The van der Waals surface area contributed by atoms with Crippen molar-refractivity contribution >= 4 is 28.6 Å². The number of anilines is 1. The number of ether oxygens (including phenoxy) is 1. The van der Waals surface area contributed by atoms with Gasteiger partial charge in [0.25, 0.3) is 6.01 Å². The van der Waals surface area contributed by atoms with E-state index in [1.54, 1.807) is 0 Å². The second-order valence-corrected chi connectivity index (χ2v) is 7.60. The Balaban J connectivity index is 1.78. The molecule has 0 saturated carbocycles. The van der Waals surface area contributed by atoms with Gasteiger partial charge in [-0.2, -0.15) is 10.1 Å². The molecule has 0 bridgehead atoms. The predicted molar refractivity (Wildman–Crippen MR) is 110 cm³/mol. The van der Waals surface area contributed by atoms with Crippen LogP contribution >= 0.6 is 11.6 Å². The van der Waals surface area contributed by atoms with E-state index in [1.165, 1.54) is 0 Å². The van der Waals surface area contributed by atoms with Gasteiger partial charge in [-0.3, -0.25) is 4.68 Å². The molecule has 4 rings (SSSR count). The molecule has 0 spiro atoms. The number of aromatic nitrogens is 4. The number of oxazole rings is 1. The van der Waals surface area contributed by atoms with Crippen LogP contribution in [0, 0.1) is 13.8 Å². The van der Waals surface area contributed by atoms with Crippen molar-refractivity contribution in [2.75, 3.05) is 31.2 Å². The minimum Gasteiger partial charge on any atom is -0.420 e. The molecule has 150 valence electrons. The summed E-state index contributed by atoms with van der Waals surface area (Å²) < 4.78 is 13.5. The van der Waals surface area contributed by atoms with Gasteiger partial charge in [-0.25, -0.2) is 4.98 Å². The summed E-state index contributed by atoms with van der Waals surface area (Å²) in [6, 6.07) is 3.02. The van der Waals surface area contributed by atoms with Gasteiger partial charge in [0.2, 0.25) is 0 Å². The van der Waals surface area contributed by atoms with Gasteiger partial charge in [0.15, 0.2) is 10.9 Å². The van der Waals surface area contributed by atoms with E-state index in [4.69, 9.17) is 30.8 Å². The summed E-state index contributed by atoms with van der Waals surface area (Å²) in [7, 11) is 0. The van der Waals surface area contributed by atoms with Crippen LogP contribution in [-0.2, 0) is 4.74 Å². The third kappa shape index (κ3) is 3.26. The Morgan fingerprint density at radius 3 is 2.54 bits per heavy atom. The summed E-state index contributed by atoms with van der Waals surface area (Å²) in [5.41, 5.74) is 4.56. The average Bonchev–Trinajstić information content (AvgIpc) is 3.23. The highest BCUT2D eigenvalue weighted by Gasteiger charge is 2.24. The molecular formula is C20H26ClN5O2. The molecule has 3 aromatic rings. The van der Waals surface area contributed by atoms with Crippen LogP contribution in [-0.4, -0.2) is 46.1 Å². The van der Waals surface area contributed by atoms with E-state index in [2.05, 4.69) is 29.6 Å². The summed E-state index contributed by atoms with van der Waals surface area (Å²) in [5.74, 6) is 0.511. The smallest absolute Gasteiger partial charge is 0.299 e. The molecule has 0 unspecified atom stereocenters. The second kappa shape index (κ2) is 7.72. The SMILES string of the molecule is CCC(CC)n1nc(C)c2nc(-c3oc(N4CCOCC4)nc3Cl)c(C)cc21. The number of nitrogens with zero attached hydrogens (tertiary/aromatic N) is 5. The minimum atomic E-state index is 0.335. The molecule has 0 aliphatic carbocycles. The monoisotopic (exact) mass is 403 g/mol. The molecule has 1 aliphatic heterocycles. The van der Waals surface area contributed by atoms with Gasteiger partial charge in [0.05, 0.1) is 30.5 Å². The molecule has 1 saturated heterocycles. The van der Waals surface area contributed by atoms with E-state index in [-0.39, 0.29) is 0 Å². The van der Waals surface area contributed by atoms with Crippen LogP contribution in [0.25, 0.3) is 22.5 Å². The van der Waals surface area contributed by atoms with E-state index in [1.807, 2.05) is 18.7 Å². The maximum absolute atomic E-state index is 6.44. The first kappa shape index (κ1) is 19.2. The first-order valence-electron chi connectivity index (χ1n) is 9.89. The van der Waals surface area contributed by atoms with Gasteiger partial charge in [0.1, 0.15) is 11.2 Å². The molecular weight excluding hydrogens is 378 g/mol. The topological polar surface area (TPSA) is 69.2 Å². The average molecular weight is 404 g/mol. The standard InChI is InChI=1S/C20H26ClN5O2/c1-5-14(6-2)26-15-11-12(3)16(22-17(15)13(4)24-26)18-19(21)23-20(28-18)25-7-9-27-10-8-25/h11,14H,5-10H2,1-4H3. The zero-order valence-electron chi connectivity index (χ0n) is 16.8. The maximum atomic E-state index is 6.44. The highest BCUT2D eigenvalue weighted by Crippen LogP contribution is 2.35. The lowest BCUT2D eigenvalue weighted by atomic mass is 10.1. The van der Waals surface area contributed by atoms with E-state index >= 15 is 0 Å². The summed E-state index contributed by atoms with van der Waals surface area (Å²) >= 11 is 6.44. The lowest BCUT2D eigenvalue weighted by Gasteiger charge is -2.24. The van der Waals surface area contributed by atoms with Crippen molar-refractivity contribution in [1.29, 1.82) is 0 Å². The fourth-order valence-corrected chi connectivity index (χ4v) is 3.97. The van der Waals surface area contributed by atoms with Gasteiger partial charge in [-0.15, -0.1) is 0 Å². The lowest BCUT2D eigenvalue weighted by Crippen LogP contribution is -2.36. The number of aryl methyl sites for hydroxylation is 2. The molecule has 0 atom stereocenters. The molecule has 0 N–H and O–H groups in total. The molecule has 3 aromatic heterocycles. The maximum Gasteiger partial charge on any atom is 0.299 e. The van der Waals surface area contributed by atoms with E-state index in [0.717, 1.165) is 53.9 Å². The molecule has 4 heterocycles. The van der Waals surface area contributed by atoms with Crippen LogP contribution in [0.5, 0.6) is 0 Å². The van der Waals surface area contributed by atoms with Crippen LogP contribution in [0.4, 0.5) is 6.01 Å². The number of rotatable bonds is 5. The van der Waals surface area contributed by atoms with Gasteiger partial charge in [-0.05, 0) is 38.3 Å². The number of pyridine rings is 1. The van der Waals surface area contributed by atoms with E-state index < -0.39 is 0 Å². The first-order chi connectivity index (χ1) is 13.5. The molecule has 1 aliphatic rings. The molecule has 8 heteroatoms. The van der Waals surface area contributed by atoms with Gasteiger partial charge >= 0.3 is 0 Å². The minimum absolute atomic E-state index is 0.335.